The van der Waals surface area contributed by atoms with Crippen LogP contribution in [0.2, 0.25) is 21.6 Å². The molecule has 1 aromatic rings. The molecule has 0 unspecified atom stereocenters. The van der Waals surface area contributed by atoms with E-state index in [2.05, 4.69) is 53.0 Å². The van der Waals surface area contributed by atoms with E-state index in [9.17, 15) is 13.0 Å². The number of hydrogen-bond acceptors (Lipinski definition) is 4. The number of halogens is 1. The van der Waals surface area contributed by atoms with Crippen LogP contribution < -0.4 is 0 Å². The number of methoxy groups -OCH3 is 1. The lowest BCUT2D eigenvalue weighted by Crippen LogP contribution is -2.46. The minimum absolute atomic E-state index is 0.249. The van der Waals surface area contributed by atoms with E-state index in [1.54, 1.807) is 19.1 Å². The van der Waals surface area contributed by atoms with Crippen LogP contribution in [-0.4, -0.2) is 34.9 Å². The summed E-state index contributed by atoms with van der Waals surface area (Å²) in [6.07, 6.45) is 0. The van der Waals surface area contributed by atoms with E-state index in [0.29, 0.717) is 21.6 Å². The lowest BCUT2D eigenvalue weighted by atomic mass is 9.97. The molecule has 0 amide bonds. The Morgan fingerprint density at radius 1 is 1.03 bits per heavy atom. The van der Waals surface area contributed by atoms with Gasteiger partial charge < -0.3 is 9.47 Å². The molecule has 1 rings (SSSR count). The maximum atomic E-state index is 12.7. The highest BCUT2D eigenvalue weighted by atomic mass is 35.5. The second kappa shape index (κ2) is 10.6. The monoisotopic (exact) mass is 474 g/mol. The molecule has 0 saturated carbocycles. The Hall–Kier alpha value is -0.883. The molecule has 8 heteroatoms. The molecule has 2 atom stereocenters. The van der Waals surface area contributed by atoms with Gasteiger partial charge in [-0.2, -0.15) is 8.42 Å². The maximum Gasteiger partial charge on any atom is 0.301 e. The Morgan fingerprint density at radius 3 is 1.87 bits per heavy atom. The molecule has 0 aliphatic carbocycles. The molecule has 0 aliphatic heterocycles. The third-order valence-electron chi connectivity index (χ3n) is 5.96. The van der Waals surface area contributed by atoms with Crippen molar-refractivity contribution in [2.45, 2.75) is 70.0 Å². The summed E-state index contributed by atoms with van der Waals surface area (Å²) < 4.78 is 46.4. The first-order valence-electron chi connectivity index (χ1n) is 10.2. The molecule has 0 radical (unpaired) electrons. The van der Waals surface area contributed by atoms with Crippen LogP contribution in [0.3, 0.4) is 0 Å². The Morgan fingerprint density at radius 2 is 1.50 bits per heavy atom. The standard InChI is InChI=1S/C22H35ClO5SSi/c1-16(2)30(17(3)4,18(5)6)14-13-19(7)22(28-15-27-8,29(24,25)26)20-9-11-21(23)12-10-20/h9-12,16-19H,15H2,1-8H3,(H,24,25,26)/t19-,22-/m1/s1. The van der Waals surface area contributed by atoms with Crippen molar-refractivity contribution in [2.24, 2.45) is 5.92 Å². The van der Waals surface area contributed by atoms with Crippen molar-refractivity contribution < 1.29 is 22.4 Å². The topological polar surface area (TPSA) is 72.8 Å². The third kappa shape index (κ3) is 5.29. The normalized spacial score (nSPS) is 15.8. The second-order valence-electron chi connectivity index (χ2n) is 8.59. The van der Waals surface area contributed by atoms with Crippen LogP contribution in [0.1, 0.15) is 54.0 Å². The summed E-state index contributed by atoms with van der Waals surface area (Å²) in [6, 6.07) is 6.18. The minimum Gasteiger partial charge on any atom is -0.359 e. The third-order valence-corrected chi connectivity index (χ3v) is 14.0. The summed E-state index contributed by atoms with van der Waals surface area (Å²) in [7, 11) is -5.45. The largest absolute Gasteiger partial charge is 0.359 e. The van der Waals surface area contributed by atoms with Crippen LogP contribution in [0, 0.1) is 17.4 Å². The van der Waals surface area contributed by atoms with Gasteiger partial charge in [0.05, 0.1) is 5.92 Å². The van der Waals surface area contributed by atoms with E-state index in [0.717, 1.165) is 0 Å². The van der Waals surface area contributed by atoms with Crippen molar-refractivity contribution in [1.82, 2.24) is 0 Å². The molecule has 170 valence electrons. The van der Waals surface area contributed by atoms with Crippen LogP contribution in [0.15, 0.2) is 24.3 Å². The van der Waals surface area contributed by atoms with Gasteiger partial charge in [0.2, 0.25) is 4.93 Å². The molecule has 1 aromatic carbocycles. The SMILES string of the molecule is COCO[C@](c1ccc(Cl)cc1)([C@H](C)C#C[Si](C(C)C)(C(C)C)C(C)C)S(=O)(=O)O. The zero-order valence-corrected chi connectivity index (χ0v) is 21.8. The van der Waals surface area contributed by atoms with Crippen molar-refractivity contribution in [1.29, 1.82) is 0 Å². The van der Waals surface area contributed by atoms with Gasteiger partial charge in [0.1, 0.15) is 14.9 Å². The van der Waals surface area contributed by atoms with Gasteiger partial charge in [0.15, 0.2) is 0 Å². The van der Waals surface area contributed by atoms with Gasteiger partial charge >= 0.3 is 10.1 Å². The van der Waals surface area contributed by atoms with Crippen LogP contribution >= 0.6 is 11.6 Å². The molecule has 0 fully saturated rings. The molecule has 5 nitrogen and oxygen atoms in total. The lowest BCUT2D eigenvalue weighted by molar-refractivity contribution is -0.110. The van der Waals surface area contributed by atoms with Crippen molar-refractivity contribution in [2.75, 3.05) is 13.9 Å². The van der Waals surface area contributed by atoms with Gasteiger partial charge in [0.25, 0.3) is 0 Å². The van der Waals surface area contributed by atoms with E-state index in [4.69, 9.17) is 21.1 Å². The maximum absolute atomic E-state index is 12.7. The molecule has 0 spiro atoms. The average molecular weight is 475 g/mol. The average Bonchev–Trinajstić information content (AvgIpc) is 2.62. The summed E-state index contributed by atoms with van der Waals surface area (Å²) in [5, 5.41) is 0.444. The Balaban J connectivity index is 3.74. The summed E-state index contributed by atoms with van der Waals surface area (Å²) in [4.78, 5) is -2.09. The van der Waals surface area contributed by atoms with E-state index < -0.39 is 29.0 Å². The van der Waals surface area contributed by atoms with Crippen LogP contribution in [0.25, 0.3) is 0 Å². The summed E-state index contributed by atoms with van der Waals surface area (Å²) in [5.41, 5.74) is 4.93. The van der Waals surface area contributed by atoms with Gasteiger partial charge in [-0.05, 0) is 35.7 Å². The van der Waals surface area contributed by atoms with Gasteiger partial charge in [-0.25, -0.2) is 0 Å². The van der Waals surface area contributed by atoms with E-state index >= 15 is 0 Å². The van der Waals surface area contributed by atoms with E-state index in [-0.39, 0.29) is 12.4 Å². The number of benzene rings is 1. The van der Waals surface area contributed by atoms with Crippen LogP contribution in [0.4, 0.5) is 0 Å². The van der Waals surface area contributed by atoms with Gasteiger partial charge in [-0.3, -0.25) is 4.55 Å². The molecule has 30 heavy (non-hydrogen) atoms. The fourth-order valence-corrected chi connectivity index (χ4v) is 11.1. The van der Waals surface area contributed by atoms with Crippen LogP contribution in [-0.2, 0) is 24.5 Å². The van der Waals surface area contributed by atoms with Gasteiger partial charge in [0, 0.05) is 17.7 Å². The Kier molecular flexibility index (Phi) is 9.61. The predicted molar refractivity (Wildman–Crippen MR) is 126 cm³/mol. The summed E-state index contributed by atoms with van der Waals surface area (Å²) in [5.74, 6) is 2.34. The Bertz CT molecular complexity index is 834. The van der Waals surface area contributed by atoms with Crippen molar-refractivity contribution in [3.05, 3.63) is 34.9 Å². The smallest absolute Gasteiger partial charge is 0.301 e. The second-order valence-corrected chi connectivity index (χ2v) is 16.2. The Labute approximate surface area is 188 Å². The first kappa shape index (κ1) is 27.2. The van der Waals surface area contributed by atoms with E-state index in [1.165, 1.54) is 19.2 Å². The summed E-state index contributed by atoms with van der Waals surface area (Å²) >= 11 is 5.99. The molecule has 0 aliphatic rings. The quantitative estimate of drug-likeness (QED) is 0.210. The number of hydrogen-bond donors (Lipinski definition) is 1. The molecule has 0 saturated heterocycles. The van der Waals surface area contributed by atoms with Crippen LogP contribution in [0.5, 0.6) is 0 Å². The molecule has 1 N–H and O–H groups in total. The van der Waals surface area contributed by atoms with Crippen molar-refractivity contribution in [3.63, 3.8) is 0 Å². The first-order chi connectivity index (χ1) is 13.8. The van der Waals surface area contributed by atoms with E-state index in [1.807, 2.05) is 0 Å². The fraction of sp³-hybridized carbons (Fsp3) is 0.636. The molecule has 0 aromatic heterocycles. The zero-order chi connectivity index (χ0) is 23.3. The number of rotatable bonds is 9. The predicted octanol–water partition coefficient (Wildman–Crippen LogP) is 5.86. The van der Waals surface area contributed by atoms with Crippen molar-refractivity contribution >= 4 is 29.8 Å². The highest BCUT2D eigenvalue weighted by molar-refractivity contribution is 7.86. The molecule has 0 bridgehead atoms. The molecular weight excluding hydrogens is 440 g/mol. The highest BCUT2D eigenvalue weighted by Gasteiger charge is 2.51. The zero-order valence-electron chi connectivity index (χ0n) is 19.2. The first-order valence-corrected chi connectivity index (χ1v) is 14.2. The minimum atomic E-state index is -4.72. The fourth-order valence-electron chi connectivity index (χ4n) is 4.50. The number of ether oxygens (including phenoxy) is 2. The molecular formula is C22H35ClO5SSi. The lowest BCUT2D eigenvalue weighted by Gasteiger charge is -2.39. The van der Waals surface area contributed by atoms with Crippen molar-refractivity contribution in [3.8, 4) is 11.5 Å². The van der Waals surface area contributed by atoms with Gasteiger partial charge in [-0.1, -0.05) is 65.3 Å². The molecule has 0 heterocycles. The van der Waals surface area contributed by atoms with Gasteiger partial charge in [-0.15, -0.1) is 11.5 Å². The summed E-state index contributed by atoms with van der Waals surface area (Å²) in [6.45, 7) is 14.4. The highest BCUT2D eigenvalue weighted by Crippen LogP contribution is 2.43.